The van der Waals surface area contributed by atoms with Crippen LogP contribution in [0.3, 0.4) is 0 Å². The summed E-state index contributed by atoms with van der Waals surface area (Å²) in [7, 11) is 10.3. The number of nitrogens with one attached hydrogen (secondary N) is 2. The zero-order chi connectivity index (χ0) is 35.8. The summed E-state index contributed by atoms with van der Waals surface area (Å²) >= 11 is 0. The zero-order valence-electron chi connectivity index (χ0n) is 27.4. The molecule has 5 N–H and O–H groups in total. The highest BCUT2D eigenvalue weighted by molar-refractivity contribution is 9.26. The molecule has 2 spiro atoms. The molecule has 10 heterocycles. The Hall–Kier alpha value is -2.10. The largest absolute Gasteiger partial charge is 0.392 e. The summed E-state index contributed by atoms with van der Waals surface area (Å²) in [5.74, 6) is -2.26. The van der Waals surface area contributed by atoms with Gasteiger partial charge in [-0.25, -0.2) is 0 Å². The number of hydrogen-bond donors (Lipinski definition) is 5. The van der Waals surface area contributed by atoms with Crippen molar-refractivity contribution in [2.75, 3.05) is 31.3 Å². The van der Waals surface area contributed by atoms with Crippen molar-refractivity contribution in [3.63, 3.8) is 0 Å². The molecule has 2 aromatic carbocycles. The smallest absolute Gasteiger partial charge is 0.265 e. The van der Waals surface area contributed by atoms with Crippen molar-refractivity contribution in [2.45, 2.75) is 68.7 Å². The van der Waals surface area contributed by atoms with E-state index in [-0.39, 0.29) is 11.8 Å². The van der Waals surface area contributed by atoms with Crippen molar-refractivity contribution < 1.29 is 34.5 Å². The predicted octanol–water partition coefficient (Wildman–Crippen LogP) is 2.24. The molecular weight excluding hydrogens is 773 g/mol. The maximum absolute atomic E-state index is 15.5. The number of nitrogens with zero attached hydrogens (tertiary/aromatic N) is 4. The summed E-state index contributed by atoms with van der Waals surface area (Å²) in [4.78, 5) is 59.2. The van der Waals surface area contributed by atoms with Crippen LogP contribution in [0.4, 0.5) is 11.4 Å². The van der Waals surface area contributed by atoms with Gasteiger partial charge >= 0.3 is 0 Å². The minimum absolute atomic E-state index is 0.330. The molecule has 0 unspecified atom stereocenters. The summed E-state index contributed by atoms with van der Waals surface area (Å²) in [5.41, 5.74) is -1.21. The number of aliphatic hydroxyl groups excluding tert-OH is 3. The van der Waals surface area contributed by atoms with E-state index in [1.165, 1.54) is 57.1 Å². The van der Waals surface area contributed by atoms with Crippen molar-refractivity contribution >= 4 is 97.8 Å². The third-order valence-corrected chi connectivity index (χ3v) is 23.9. The van der Waals surface area contributed by atoms with Gasteiger partial charge in [0.1, 0.15) is 24.5 Å². The summed E-state index contributed by atoms with van der Waals surface area (Å²) in [6.45, 7) is 3.14. The van der Waals surface area contributed by atoms with Gasteiger partial charge in [-0.2, -0.15) is 0 Å². The Labute approximate surface area is 315 Å². The molecule has 13 nitrogen and oxygen atoms in total. The fourth-order valence-corrected chi connectivity index (χ4v) is 22.3. The Morgan fingerprint density at radius 1 is 0.686 bits per heavy atom. The van der Waals surface area contributed by atoms with Crippen molar-refractivity contribution in [3.05, 3.63) is 59.7 Å². The average Bonchev–Trinajstić information content (AvgIpc) is 3.77. The third kappa shape index (κ3) is 3.05. The number of carbonyl (C=O) groups is 4. The lowest BCUT2D eigenvalue weighted by molar-refractivity contribution is -0.169. The first-order valence-electron chi connectivity index (χ1n) is 16.3. The van der Waals surface area contributed by atoms with Crippen LogP contribution < -0.4 is 10.6 Å². The molecule has 0 aliphatic carbocycles. The van der Waals surface area contributed by atoms with Gasteiger partial charge in [0.05, 0.1) is 17.4 Å². The van der Waals surface area contributed by atoms with Gasteiger partial charge in [0, 0.05) is 25.5 Å². The Kier molecular flexibility index (Phi) is 6.66. The van der Waals surface area contributed by atoms with Crippen LogP contribution in [0.2, 0.25) is 0 Å². The van der Waals surface area contributed by atoms with E-state index in [4.69, 9.17) is 0 Å². The number of hydrogen-bond acceptors (Lipinski definition) is 15. The Morgan fingerprint density at radius 2 is 1.18 bits per heavy atom. The highest BCUT2D eigenvalue weighted by atomic mass is 33.7. The second-order valence-electron chi connectivity index (χ2n) is 14.5. The van der Waals surface area contributed by atoms with Crippen LogP contribution in [-0.4, -0.2) is 123 Å². The molecule has 4 amide bonds. The lowest BCUT2D eigenvalue weighted by atomic mass is 9.52. The van der Waals surface area contributed by atoms with Crippen LogP contribution in [-0.2, 0) is 30.0 Å². The SMILES string of the molecule is CC(C)[C@]12SSSS[C@]3(C(=O)N1C)[C@@H](O)[C@]1([C@]45c6ccccc6N[C@H]4N4C(=O)[C@]6(CO)SS[C@]4(C(=O)N6C)[C@H]5O)c4ccccc4N[C@@H]1N3C2=O. The molecule has 19 heteroatoms. The third-order valence-electron chi connectivity index (χ3n) is 12.7. The van der Waals surface area contributed by atoms with Gasteiger partial charge in [-0.1, -0.05) is 50.2 Å². The van der Waals surface area contributed by atoms with Crippen molar-refractivity contribution in [1.82, 2.24) is 19.6 Å². The molecule has 10 atom stereocenters. The number of aliphatic hydroxyl groups is 3. The quantitative estimate of drug-likeness (QED) is 0.287. The molecule has 0 aromatic heterocycles. The van der Waals surface area contributed by atoms with E-state index >= 15 is 9.59 Å². The number of rotatable bonds is 3. The first-order chi connectivity index (χ1) is 24.3. The van der Waals surface area contributed by atoms with Crippen molar-refractivity contribution in [3.8, 4) is 0 Å². The molecule has 0 saturated carbocycles. The number of piperazine rings is 2. The Morgan fingerprint density at radius 3 is 1.73 bits per heavy atom. The molecule has 8 fully saturated rings. The number of anilines is 2. The molecule has 0 radical (unpaired) electrons. The highest BCUT2D eigenvalue weighted by Crippen LogP contribution is 2.78. The van der Waals surface area contributed by atoms with Crippen molar-refractivity contribution in [2.24, 2.45) is 5.92 Å². The Balaban J connectivity index is 1.34. The number of benzene rings is 2. The normalized spacial score (nSPS) is 44.2. The maximum atomic E-state index is 15.5. The Bertz CT molecular complexity index is 2020. The molecule has 51 heavy (non-hydrogen) atoms. The van der Waals surface area contributed by atoms with Crippen LogP contribution in [0.25, 0.3) is 0 Å². The molecule has 268 valence electrons. The van der Waals surface area contributed by atoms with E-state index in [0.717, 1.165) is 32.4 Å². The van der Waals surface area contributed by atoms with Crippen LogP contribution in [0.15, 0.2) is 48.5 Å². The second kappa shape index (κ2) is 10.1. The molecule has 8 saturated heterocycles. The lowest BCUT2D eigenvalue weighted by Crippen LogP contribution is -2.79. The first-order valence-corrected chi connectivity index (χ1v) is 23.3. The monoisotopic (exact) mass is 804 g/mol. The standard InChI is InChI=1S/C32H32N6O7S6/c1-14(2)30-26(45)38-22-29(16-10-6-8-12-18(16)34-22,20(41)32(38,25(44)36(30)4)49-51-50-48-30)28-15-9-5-7-11-17(15)33-21(28)37-23(42)27(13-39)35(3)24(43)31(37,19(28)40)47-46-27/h5-12,14,19-22,33-34,39-41H,13H2,1-4H3/t19-,20-,21-,22+,27-,28-,29+,30+,31-,32-/m0/s1. The van der Waals surface area contributed by atoms with Gasteiger partial charge in [0.25, 0.3) is 23.6 Å². The van der Waals surface area contributed by atoms with Gasteiger partial charge in [-0.05, 0) is 92.0 Å². The van der Waals surface area contributed by atoms with E-state index in [1.54, 1.807) is 13.1 Å². The summed E-state index contributed by atoms with van der Waals surface area (Å²) in [6, 6.07) is 14.6. The van der Waals surface area contributed by atoms with Crippen molar-refractivity contribution in [1.29, 1.82) is 0 Å². The fourth-order valence-electron chi connectivity index (χ4n) is 10.5. The number of likely N-dealkylation sites (N-methyl/N-ethyl adjacent to an activating group) is 2. The lowest BCUT2D eigenvalue weighted by Gasteiger charge is -2.58. The van der Waals surface area contributed by atoms with Gasteiger partial charge in [0.15, 0.2) is 4.87 Å². The molecule has 2 aromatic rings. The molecular formula is C32H32N6O7S6. The van der Waals surface area contributed by atoms with E-state index in [1.807, 2.05) is 56.3 Å². The van der Waals surface area contributed by atoms with Crippen LogP contribution in [0.1, 0.15) is 25.0 Å². The number of para-hydroxylation sites is 2. The predicted molar refractivity (Wildman–Crippen MR) is 201 cm³/mol. The molecule has 10 aliphatic heterocycles. The number of fused-ring (bicyclic) bond motifs is 13. The summed E-state index contributed by atoms with van der Waals surface area (Å²) in [6.07, 6.45) is -5.63. The van der Waals surface area contributed by atoms with Crippen LogP contribution in [0, 0.1) is 5.92 Å². The molecule has 4 bridgehead atoms. The second-order valence-corrected chi connectivity index (χ2v) is 23.2. The summed E-state index contributed by atoms with van der Waals surface area (Å²) in [5, 5.41) is 44.9. The topological polar surface area (TPSA) is 166 Å². The minimum Gasteiger partial charge on any atom is -0.392 e. The zero-order valence-corrected chi connectivity index (χ0v) is 32.3. The number of amides is 4. The highest BCUT2D eigenvalue weighted by Gasteiger charge is 2.92. The van der Waals surface area contributed by atoms with Gasteiger partial charge in [0.2, 0.25) is 14.6 Å². The van der Waals surface area contributed by atoms with E-state index in [2.05, 4.69) is 10.6 Å². The molecule has 10 aliphatic rings. The van der Waals surface area contributed by atoms with Gasteiger partial charge in [-0.3, -0.25) is 29.0 Å². The molecule has 12 rings (SSSR count). The fraction of sp³-hybridized carbons (Fsp3) is 0.500. The maximum Gasteiger partial charge on any atom is 0.265 e. The summed E-state index contributed by atoms with van der Waals surface area (Å²) < 4.78 is 0. The first kappa shape index (κ1) is 33.5. The van der Waals surface area contributed by atoms with Gasteiger partial charge < -0.3 is 35.8 Å². The van der Waals surface area contributed by atoms with E-state index < -0.39 is 79.2 Å². The van der Waals surface area contributed by atoms with Gasteiger partial charge in [-0.15, -0.1) is 0 Å². The van der Waals surface area contributed by atoms with Crippen LogP contribution in [0.5, 0.6) is 0 Å². The van der Waals surface area contributed by atoms with E-state index in [9.17, 15) is 24.9 Å². The number of carbonyl (C=O) groups excluding carboxylic acids is 4. The minimum atomic E-state index is -1.89. The van der Waals surface area contributed by atoms with Crippen LogP contribution >= 0.6 is 62.8 Å². The van der Waals surface area contributed by atoms with E-state index in [0.29, 0.717) is 22.5 Å². The average molecular weight is 805 g/mol.